The van der Waals surface area contributed by atoms with E-state index in [1.807, 2.05) is 0 Å². The molecule has 0 saturated heterocycles. The molecule has 3 aromatic rings. The smallest absolute Gasteiger partial charge is 0.325 e. The van der Waals surface area contributed by atoms with Gasteiger partial charge in [0, 0.05) is 18.8 Å². The van der Waals surface area contributed by atoms with Crippen molar-refractivity contribution < 1.29 is 18.7 Å². The van der Waals surface area contributed by atoms with Gasteiger partial charge in [-0.25, -0.2) is 13.8 Å². The Labute approximate surface area is 156 Å². The van der Waals surface area contributed by atoms with Crippen molar-refractivity contribution in [3.63, 3.8) is 0 Å². The molecule has 8 nitrogen and oxygen atoms in total. The Hall–Kier alpha value is -3.27. The number of carboxylic acid groups (broad SMARTS) is 1. The summed E-state index contributed by atoms with van der Waals surface area (Å²) >= 11 is 6.04. The Morgan fingerprint density at radius 3 is 2.67 bits per heavy atom. The van der Waals surface area contributed by atoms with Crippen LogP contribution in [0.5, 0.6) is 0 Å². The van der Waals surface area contributed by atoms with Crippen LogP contribution in [0.25, 0.3) is 0 Å². The number of aromatic nitrogens is 4. The van der Waals surface area contributed by atoms with Gasteiger partial charge in [0.2, 0.25) is 5.95 Å². The zero-order valence-corrected chi connectivity index (χ0v) is 14.4. The molecule has 0 radical (unpaired) electrons. The van der Waals surface area contributed by atoms with Crippen LogP contribution in [0.4, 0.5) is 26.2 Å². The van der Waals surface area contributed by atoms with E-state index in [1.54, 1.807) is 0 Å². The van der Waals surface area contributed by atoms with E-state index in [4.69, 9.17) is 16.7 Å². The average molecular weight is 395 g/mol. The van der Waals surface area contributed by atoms with Crippen LogP contribution < -0.4 is 10.6 Å². The first kappa shape index (κ1) is 18.5. The molecule has 0 aliphatic heterocycles. The number of aliphatic carboxylic acids is 1. The Morgan fingerprint density at radius 2 is 1.96 bits per heavy atom. The van der Waals surface area contributed by atoms with Gasteiger partial charge in [0.15, 0.2) is 5.82 Å². The minimum atomic E-state index is -1.02. The lowest BCUT2D eigenvalue weighted by molar-refractivity contribution is -0.137. The van der Waals surface area contributed by atoms with Gasteiger partial charge in [0.1, 0.15) is 23.2 Å². The van der Waals surface area contributed by atoms with Crippen molar-refractivity contribution >= 4 is 35.0 Å². The zero-order valence-electron chi connectivity index (χ0n) is 13.7. The van der Waals surface area contributed by atoms with Crippen LogP contribution in [-0.2, 0) is 17.9 Å². The monoisotopic (exact) mass is 394 g/mol. The molecule has 0 bridgehead atoms. The van der Waals surface area contributed by atoms with Gasteiger partial charge >= 0.3 is 5.97 Å². The van der Waals surface area contributed by atoms with E-state index in [-0.39, 0.29) is 29.9 Å². The van der Waals surface area contributed by atoms with Crippen molar-refractivity contribution in [2.45, 2.75) is 13.1 Å². The predicted octanol–water partition coefficient (Wildman–Crippen LogP) is 3.05. The number of hydrogen-bond acceptors (Lipinski definition) is 6. The number of hydrogen-bond donors (Lipinski definition) is 3. The van der Waals surface area contributed by atoms with Crippen molar-refractivity contribution in [3.05, 3.63) is 59.0 Å². The molecule has 0 aliphatic rings. The molecular formula is C16H13ClF2N6O2. The zero-order chi connectivity index (χ0) is 19.4. The molecule has 0 aliphatic carbocycles. The Bertz CT molecular complexity index is 961. The molecule has 0 saturated carbocycles. The maximum absolute atomic E-state index is 13.2. The molecule has 0 atom stereocenters. The molecule has 27 heavy (non-hydrogen) atoms. The summed E-state index contributed by atoms with van der Waals surface area (Å²) in [5.41, 5.74) is 0.864. The number of nitrogens with one attached hydrogen (secondary N) is 2. The predicted molar refractivity (Wildman–Crippen MR) is 93.9 cm³/mol. The standard InChI is InChI=1S/C16H13ClF2N6O2/c17-13-6-21-16(23-12-5-22-25(7-12)8-14(26)27)24-15(13)20-4-9-1-10(18)3-11(19)2-9/h1-3,5-7H,4,8H2,(H,26,27)(H2,20,21,23,24). The first-order valence-corrected chi connectivity index (χ1v) is 7.99. The SMILES string of the molecule is O=C(O)Cn1cc(Nc2ncc(Cl)c(NCc3cc(F)cc(F)c3)n2)cn1. The van der Waals surface area contributed by atoms with Crippen molar-refractivity contribution in [2.24, 2.45) is 0 Å². The molecular weight excluding hydrogens is 382 g/mol. The van der Waals surface area contributed by atoms with Gasteiger partial charge in [-0.2, -0.15) is 10.1 Å². The molecule has 0 amide bonds. The van der Waals surface area contributed by atoms with Gasteiger partial charge in [-0.3, -0.25) is 9.48 Å². The molecule has 3 N–H and O–H groups in total. The molecule has 1 aromatic carbocycles. The van der Waals surface area contributed by atoms with Gasteiger partial charge in [0.25, 0.3) is 0 Å². The lowest BCUT2D eigenvalue weighted by Crippen LogP contribution is -2.08. The molecule has 3 rings (SSSR count). The first-order chi connectivity index (χ1) is 12.9. The molecule has 2 heterocycles. The van der Waals surface area contributed by atoms with Crippen LogP contribution in [-0.4, -0.2) is 30.8 Å². The number of rotatable bonds is 7. The van der Waals surface area contributed by atoms with E-state index in [2.05, 4.69) is 25.7 Å². The minimum absolute atomic E-state index is 0.0986. The Morgan fingerprint density at radius 1 is 1.22 bits per heavy atom. The largest absolute Gasteiger partial charge is 0.480 e. The summed E-state index contributed by atoms with van der Waals surface area (Å²) in [6, 6.07) is 3.18. The van der Waals surface area contributed by atoms with Crippen LogP contribution >= 0.6 is 11.6 Å². The quantitative estimate of drug-likeness (QED) is 0.565. The van der Waals surface area contributed by atoms with Crippen molar-refractivity contribution in [1.82, 2.24) is 19.7 Å². The highest BCUT2D eigenvalue weighted by atomic mass is 35.5. The van der Waals surface area contributed by atoms with Crippen LogP contribution in [0.15, 0.2) is 36.8 Å². The van der Waals surface area contributed by atoms with Crippen molar-refractivity contribution in [2.75, 3.05) is 10.6 Å². The van der Waals surface area contributed by atoms with E-state index in [0.717, 1.165) is 6.07 Å². The van der Waals surface area contributed by atoms with E-state index in [9.17, 15) is 13.6 Å². The molecule has 2 aromatic heterocycles. The summed E-state index contributed by atoms with van der Waals surface area (Å²) in [5.74, 6) is -1.94. The topological polar surface area (TPSA) is 105 Å². The highest BCUT2D eigenvalue weighted by molar-refractivity contribution is 6.32. The fourth-order valence-corrected chi connectivity index (χ4v) is 2.39. The number of nitrogens with zero attached hydrogens (tertiary/aromatic N) is 4. The summed E-state index contributed by atoms with van der Waals surface area (Å²) in [6.07, 6.45) is 4.26. The summed E-state index contributed by atoms with van der Waals surface area (Å²) in [5, 5.41) is 18.6. The molecule has 140 valence electrons. The van der Waals surface area contributed by atoms with Gasteiger partial charge < -0.3 is 15.7 Å². The Balaban J connectivity index is 1.70. The molecule has 11 heteroatoms. The summed E-state index contributed by atoms with van der Waals surface area (Å²) < 4.78 is 27.7. The van der Waals surface area contributed by atoms with Gasteiger partial charge in [0.05, 0.1) is 18.1 Å². The third kappa shape index (κ3) is 5.11. The lowest BCUT2D eigenvalue weighted by atomic mass is 10.2. The van der Waals surface area contributed by atoms with Crippen molar-refractivity contribution in [3.8, 4) is 0 Å². The van der Waals surface area contributed by atoms with E-state index >= 15 is 0 Å². The third-order valence-electron chi connectivity index (χ3n) is 3.31. The normalized spacial score (nSPS) is 10.6. The van der Waals surface area contributed by atoms with Crippen LogP contribution in [0.2, 0.25) is 5.02 Å². The molecule has 0 spiro atoms. The highest BCUT2D eigenvalue weighted by Crippen LogP contribution is 2.22. The molecule has 0 fully saturated rings. The second-order valence-corrected chi connectivity index (χ2v) is 5.87. The number of carboxylic acids is 1. The maximum Gasteiger partial charge on any atom is 0.325 e. The second kappa shape index (κ2) is 7.96. The first-order valence-electron chi connectivity index (χ1n) is 7.62. The van der Waals surface area contributed by atoms with E-state index < -0.39 is 17.6 Å². The van der Waals surface area contributed by atoms with Crippen LogP contribution in [0, 0.1) is 11.6 Å². The number of halogens is 3. The Kier molecular flexibility index (Phi) is 5.46. The van der Waals surface area contributed by atoms with Crippen LogP contribution in [0.3, 0.4) is 0 Å². The lowest BCUT2D eigenvalue weighted by Gasteiger charge is -2.09. The van der Waals surface area contributed by atoms with Gasteiger partial charge in [-0.05, 0) is 17.7 Å². The number of anilines is 3. The highest BCUT2D eigenvalue weighted by Gasteiger charge is 2.09. The summed E-state index contributed by atoms with van der Waals surface area (Å²) in [6.45, 7) is -0.179. The maximum atomic E-state index is 13.2. The summed E-state index contributed by atoms with van der Waals surface area (Å²) in [4.78, 5) is 18.9. The number of benzene rings is 1. The third-order valence-corrected chi connectivity index (χ3v) is 3.59. The van der Waals surface area contributed by atoms with Gasteiger partial charge in [-0.1, -0.05) is 11.6 Å². The van der Waals surface area contributed by atoms with E-state index in [1.165, 1.54) is 35.4 Å². The minimum Gasteiger partial charge on any atom is -0.480 e. The van der Waals surface area contributed by atoms with Crippen LogP contribution in [0.1, 0.15) is 5.56 Å². The second-order valence-electron chi connectivity index (χ2n) is 5.47. The van der Waals surface area contributed by atoms with Crippen molar-refractivity contribution in [1.29, 1.82) is 0 Å². The van der Waals surface area contributed by atoms with E-state index in [0.29, 0.717) is 11.3 Å². The number of carbonyl (C=O) groups is 1. The van der Waals surface area contributed by atoms with Gasteiger partial charge in [-0.15, -0.1) is 0 Å². The summed E-state index contributed by atoms with van der Waals surface area (Å²) in [7, 11) is 0. The fraction of sp³-hybridized carbons (Fsp3) is 0.125. The fourth-order valence-electron chi connectivity index (χ4n) is 2.23. The average Bonchev–Trinajstić information content (AvgIpc) is 3.00. The molecule has 0 unspecified atom stereocenters.